The van der Waals surface area contributed by atoms with E-state index in [-0.39, 0.29) is 30.3 Å². The van der Waals surface area contributed by atoms with Gasteiger partial charge in [-0.05, 0) is 74.1 Å². The number of nitrogen functional groups attached to an aromatic ring is 1. The molecule has 252 valence electrons. The van der Waals surface area contributed by atoms with Crippen LogP contribution in [0.25, 0.3) is 0 Å². The van der Waals surface area contributed by atoms with Gasteiger partial charge in [-0.25, -0.2) is 0 Å². The Labute approximate surface area is 274 Å². The molecule has 3 saturated heterocycles. The van der Waals surface area contributed by atoms with Gasteiger partial charge in [-0.3, -0.25) is 19.9 Å². The van der Waals surface area contributed by atoms with E-state index in [1.165, 1.54) is 23.4 Å². The quantitative estimate of drug-likeness (QED) is 0.134. The number of carbonyl (C=O) groups is 2. The zero-order valence-corrected chi connectivity index (χ0v) is 28.2. The van der Waals surface area contributed by atoms with E-state index in [1.807, 2.05) is 45.2 Å². The molecule has 46 heavy (non-hydrogen) atoms. The van der Waals surface area contributed by atoms with Crippen LogP contribution in [0.15, 0.2) is 42.5 Å². The van der Waals surface area contributed by atoms with E-state index in [2.05, 4.69) is 43.5 Å². The lowest BCUT2D eigenvalue weighted by Gasteiger charge is -2.48. The summed E-state index contributed by atoms with van der Waals surface area (Å²) in [5.74, 6) is 0.632. The van der Waals surface area contributed by atoms with Crippen molar-refractivity contribution in [3.05, 3.63) is 48.0 Å². The van der Waals surface area contributed by atoms with Gasteiger partial charge < -0.3 is 35.8 Å². The normalized spacial score (nSPS) is 18.3. The molecule has 0 aromatic heterocycles. The molecule has 11 heteroatoms. The van der Waals surface area contributed by atoms with Gasteiger partial charge in [0.15, 0.2) is 0 Å². The maximum Gasteiger partial charge on any atom is 0.221 e. The standard InChI is InChI=1S/C33H48N8O3.C2H6/c1-36-30-21-28(7-8-29(30)32(35)41(24-42)16-11-31(43)37-2)40-19-20-44-33(23-40)12-17-38(18-13-33)22-25-9-14-39(15-10-25)27-5-3-26(34)4-6-27;1-2/h3-8,21,24-25,35-36H,9-20,22-23,34H2,1-2H3,(H,37,43);1-2H3. The number of rotatable bonds is 10. The SMILES string of the molecule is CC.CNC(=O)CCN(C=O)C(=N)c1ccc(N2CCOC3(CCN(CC4CCN(c5ccc(N)cc5)CC4)CC3)C2)cc1NC. The number of likely N-dealkylation sites (tertiary alicyclic amines) is 1. The molecule has 0 saturated carbocycles. The second-order valence-corrected chi connectivity index (χ2v) is 12.3. The Kier molecular flexibility index (Phi) is 12.7. The molecule has 0 atom stereocenters. The number of nitrogens with two attached hydrogens (primary N) is 1. The van der Waals surface area contributed by atoms with Crippen molar-refractivity contribution >= 4 is 40.9 Å². The molecule has 3 aliphatic heterocycles. The Morgan fingerprint density at radius 2 is 1.70 bits per heavy atom. The largest absolute Gasteiger partial charge is 0.399 e. The smallest absolute Gasteiger partial charge is 0.221 e. The summed E-state index contributed by atoms with van der Waals surface area (Å²) in [5.41, 5.74) is 10.3. The van der Waals surface area contributed by atoms with E-state index in [0.717, 1.165) is 81.6 Å². The average molecular weight is 635 g/mol. The first kappa shape index (κ1) is 35.0. The van der Waals surface area contributed by atoms with E-state index < -0.39 is 0 Å². The first-order chi connectivity index (χ1) is 22.3. The lowest BCUT2D eigenvalue weighted by molar-refractivity contribution is -0.121. The van der Waals surface area contributed by atoms with Crippen molar-refractivity contribution in [1.29, 1.82) is 5.41 Å². The summed E-state index contributed by atoms with van der Waals surface area (Å²) in [4.78, 5) is 32.2. The van der Waals surface area contributed by atoms with Crippen molar-refractivity contribution in [3.8, 4) is 0 Å². The Balaban J connectivity index is 0.00000235. The first-order valence-electron chi connectivity index (χ1n) is 16.9. The molecule has 3 aliphatic rings. The molecular weight excluding hydrogens is 580 g/mol. The minimum atomic E-state index is -0.170. The maximum atomic E-state index is 11.7. The number of amides is 2. The second kappa shape index (κ2) is 16.6. The Morgan fingerprint density at radius 1 is 1.02 bits per heavy atom. The van der Waals surface area contributed by atoms with Crippen molar-refractivity contribution in [2.45, 2.75) is 51.6 Å². The molecule has 2 aromatic carbocycles. The lowest BCUT2D eigenvalue weighted by atomic mass is 9.87. The van der Waals surface area contributed by atoms with E-state index in [0.29, 0.717) is 18.6 Å². The number of morpholine rings is 1. The molecule has 2 aromatic rings. The van der Waals surface area contributed by atoms with Gasteiger partial charge in [0.2, 0.25) is 12.3 Å². The highest BCUT2D eigenvalue weighted by molar-refractivity contribution is 6.06. The molecule has 0 unspecified atom stereocenters. The van der Waals surface area contributed by atoms with Crippen LogP contribution in [-0.2, 0) is 14.3 Å². The summed E-state index contributed by atoms with van der Waals surface area (Å²) >= 11 is 0. The number of nitrogens with one attached hydrogen (secondary N) is 3. The molecular formula is C35H54N8O3. The van der Waals surface area contributed by atoms with Crippen LogP contribution < -0.4 is 26.2 Å². The number of hydrogen-bond donors (Lipinski definition) is 4. The Hall–Kier alpha value is -3.83. The fraction of sp³-hybridized carbons (Fsp3) is 0.571. The topological polar surface area (TPSA) is 130 Å². The van der Waals surface area contributed by atoms with E-state index in [9.17, 15) is 9.59 Å². The minimum absolute atomic E-state index is 0.0709. The highest BCUT2D eigenvalue weighted by Crippen LogP contribution is 2.35. The lowest BCUT2D eigenvalue weighted by Crippen LogP contribution is -2.57. The van der Waals surface area contributed by atoms with Gasteiger partial charge in [-0.1, -0.05) is 13.8 Å². The molecule has 1 spiro atoms. The number of anilines is 4. The third kappa shape index (κ3) is 8.70. The highest BCUT2D eigenvalue weighted by atomic mass is 16.5. The van der Waals surface area contributed by atoms with Crippen LogP contribution in [0.5, 0.6) is 0 Å². The number of hydrogen-bond acceptors (Lipinski definition) is 9. The van der Waals surface area contributed by atoms with Crippen LogP contribution in [0.4, 0.5) is 22.7 Å². The number of benzene rings is 2. The van der Waals surface area contributed by atoms with Crippen LogP contribution >= 0.6 is 0 Å². The van der Waals surface area contributed by atoms with Crippen LogP contribution in [0.3, 0.4) is 0 Å². The summed E-state index contributed by atoms with van der Waals surface area (Å²) < 4.78 is 6.48. The monoisotopic (exact) mass is 634 g/mol. The van der Waals surface area contributed by atoms with Gasteiger partial charge in [0.05, 0.1) is 12.2 Å². The van der Waals surface area contributed by atoms with Crippen LogP contribution in [-0.4, -0.2) is 107 Å². The van der Waals surface area contributed by atoms with Gasteiger partial charge in [0.1, 0.15) is 5.84 Å². The van der Waals surface area contributed by atoms with Crippen molar-refractivity contribution in [3.63, 3.8) is 0 Å². The second-order valence-electron chi connectivity index (χ2n) is 12.3. The van der Waals surface area contributed by atoms with E-state index in [1.54, 1.807) is 7.05 Å². The van der Waals surface area contributed by atoms with Gasteiger partial charge in [-0.2, -0.15) is 0 Å². The Bertz CT molecular complexity index is 1290. The summed E-state index contributed by atoms with van der Waals surface area (Å²) in [6, 6.07) is 14.2. The van der Waals surface area contributed by atoms with Gasteiger partial charge in [0, 0.05) is 101 Å². The van der Waals surface area contributed by atoms with Crippen molar-refractivity contribution in [2.75, 3.05) is 93.9 Å². The summed E-state index contributed by atoms with van der Waals surface area (Å²) in [6.07, 6.45) is 5.24. The number of amidine groups is 1. The third-order valence-corrected chi connectivity index (χ3v) is 9.57. The summed E-state index contributed by atoms with van der Waals surface area (Å²) in [6.45, 7) is 12.0. The predicted octanol–water partition coefficient (Wildman–Crippen LogP) is 3.84. The van der Waals surface area contributed by atoms with E-state index >= 15 is 0 Å². The average Bonchev–Trinajstić information content (AvgIpc) is 3.10. The molecule has 3 fully saturated rings. The number of ether oxygens (including phenoxy) is 1. The van der Waals surface area contributed by atoms with Crippen LogP contribution in [0.1, 0.15) is 51.5 Å². The van der Waals surface area contributed by atoms with Gasteiger partial charge in [-0.15, -0.1) is 0 Å². The zero-order chi connectivity index (χ0) is 33.1. The number of piperidine rings is 2. The Morgan fingerprint density at radius 3 is 2.33 bits per heavy atom. The summed E-state index contributed by atoms with van der Waals surface area (Å²) in [7, 11) is 3.38. The molecule has 0 aliphatic carbocycles. The van der Waals surface area contributed by atoms with Crippen LogP contribution in [0.2, 0.25) is 0 Å². The molecule has 2 amide bonds. The zero-order valence-electron chi connectivity index (χ0n) is 28.2. The minimum Gasteiger partial charge on any atom is -0.399 e. The molecule has 3 heterocycles. The van der Waals surface area contributed by atoms with Gasteiger partial charge >= 0.3 is 0 Å². The van der Waals surface area contributed by atoms with E-state index in [4.69, 9.17) is 15.9 Å². The molecule has 0 radical (unpaired) electrons. The third-order valence-electron chi connectivity index (χ3n) is 9.57. The first-order valence-corrected chi connectivity index (χ1v) is 16.9. The molecule has 5 N–H and O–H groups in total. The van der Waals surface area contributed by atoms with Crippen LogP contribution in [0, 0.1) is 11.3 Å². The molecule has 11 nitrogen and oxygen atoms in total. The van der Waals surface area contributed by atoms with Gasteiger partial charge in [0.25, 0.3) is 0 Å². The predicted molar refractivity (Wildman–Crippen MR) is 188 cm³/mol. The number of carbonyl (C=O) groups excluding carboxylic acids is 2. The van der Waals surface area contributed by atoms with Crippen molar-refractivity contribution in [2.24, 2.45) is 5.92 Å². The van der Waals surface area contributed by atoms with Crippen molar-refractivity contribution < 1.29 is 14.3 Å². The molecule has 5 rings (SSSR count). The van der Waals surface area contributed by atoms with Crippen molar-refractivity contribution in [1.82, 2.24) is 15.1 Å². The molecule has 0 bridgehead atoms. The number of nitrogens with zero attached hydrogens (tertiary/aromatic N) is 4. The fourth-order valence-corrected chi connectivity index (χ4v) is 6.80. The summed E-state index contributed by atoms with van der Waals surface area (Å²) in [5, 5.41) is 14.4. The fourth-order valence-electron chi connectivity index (χ4n) is 6.80. The highest BCUT2D eigenvalue weighted by Gasteiger charge is 2.40. The maximum absolute atomic E-state index is 11.7.